The van der Waals surface area contributed by atoms with Gasteiger partial charge >= 0.3 is 0 Å². The van der Waals surface area contributed by atoms with Crippen LogP contribution in [0.1, 0.15) is 10.4 Å². The molecule has 1 aromatic carbocycles. The molecule has 0 unspecified atom stereocenters. The van der Waals surface area contributed by atoms with Crippen LogP contribution in [0.5, 0.6) is 5.75 Å². The first-order valence-electron chi connectivity index (χ1n) is 2.77. The molecular weight excluding hydrogens is 130 g/mol. The molecule has 2 N–H and O–H groups in total. The highest BCUT2D eigenvalue weighted by Gasteiger charge is 1.95. The van der Waals surface area contributed by atoms with Gasteiger partial charge in [0.25, 0.3) is 0 Å². The van der Waals surface area contributed by atoms with Crippen molar-refractivity contribution in [2.75, 3.05) is 0 Å². The smallest absolute Gasteiger partial charge is 0.248 e. The maximum absolute atomic E-state index is 10.6. The van der Waals surface area contributed by atoms with Gasteiger partial charge in [-0.3, -0.25) is 4.79 Å². The Morgan fingerprint density at radius 2 is 2.20 bits per heavy atom. The zero-order valence-electron chi connectivity index (χ0n) is 5.20. The van der Waals surface area contributed by atoms with Gasteiger partial charge in [-0.25, -0.2) is 0 Å². The molecule has 10 heavy (non-hydrogen) atoms. The van der Waals surface area contributed by atoms with Crippen molar-refractivity contribution >= 4 is 5.91 Å². The summed E-state index contributed by atoms with van der Waals surface area (Å²) in [6, 6.07) is 5.58. The van der Waals surface area contributed by atoms with E-state index in [9.17, 15) is 9.90 Å². The molecule has 0 radical (unpaired) electrons. The zero-order valence-corrected chi connectivity index (χ0v) is 5.20. The third-order valence-corrected chi connectivity index (χ3v) is 1.12. The van der Waals surface area contributed by atoms with E-state index in [2.05, 4.69) is 0 Å². The number of amides is 1. The van der Waals surface area contributed by atoms with Crippen LogP contribution in [0.3, 0.4) is 0 Å². The van der Waals surface area contributed by atoms with Crippen LogP contribution in [0.15, 0.2) is 24.3 Å². The van der Waals surface area contributed by atoms with Crippen LogP contribution >= 0.6 is 0 Å². The Morgan fingerprint density at radius 1 is 1.50 bits per heavy atom. The standard InChI is InChI=1S/C7H7NO2/c8-7(10)5-2-1-3-6(9)4-5/h1-4,9H,(H2,8,10)/p-1. The molecule has 0 aromatic heterocycles. The second-order valence-electron chi connectivity index (χ2n) is 1.89. The average molecular weight is 136 g/mol. The Bertz CT molecular complexity index is 258. The summed E-state index contributed by atoms with van der Waals surface area (Å²) in [5, 5.41) is 10.6. The van der Waals surface area contributed by atoms with Crippen LogP contribution < -0.4 is 10.8 Å². The van der Waals surface area contributed by atoms with Crippen LogP contribution in [0.2, 0.25) is 0 Å². The lowest BCUT2D eigenvalue weighted by Gasteiger charge is -2.03. The van der Waals surface area contributed by atoms with Crippen LogP contribution in [-0.4, -0.2) is 5.91 Å². The van der Waals surface area contributed by atoms with Gasteiger partial charge in [0.15, 0.2) is 0 Å². The quantitative estimate of drug-likeness (QED) is 0.583. The molecule has 0 aliphatic rings. The fourth-order valence-corrected chi connectivity index (χ4v) is 0.649. The van der Waals surface area contributed by atoms with Gasteiger partial charge in [0.2, 0.25) is 5.91 Å². The highest BCUT2D eigenvalue weighted by atomic mass is 16.3. The molecule has 0 bridgehead atoms. The lowest BCUT2D eigenvalue weighted by Crippen LogP contribution is -2.10. The van der Waals surface area contributed by atoms with E-state index >= 15 is 0 Å². The molecule has 1 rings (SSSR count). The molecule has 0 aliphatic carbocycles. The summed E-state index contributed by atoms with van der Waals surface area (Å²) in [7, 11) is 0. The van der Waals surface area contributed by atoms with Crippen molar-refractivity contribution in [3.05, 3.63) is 29.8 Å². The molecule has 0 atom stereocenters. The van der Waals surface area contributed by atoms with Gasteiger partial charge < -0.3 is 10.8 Å². The van der Waals surface area contributed by atoms with Gasteiger partial charge in [0, 0.05) is 5.56 Å². The number of carbonyl (C=O) groups is 1. The number of rotatable bonds is 1. The third-order valence-electron chi connectivity index (χ3n) is 1.12. The SMILES string of the molecule is NC(=O)c1cccc([O-])c1. The Hall–Kier alpha value is -1.51. The molecule has 0 aliphatic heterocycles. The largest absolute Gasteiger partial charge is 0.872 e. The normalized spacial score (nSPS) is 9.20. The van der Waals surface area contributed by atoms with Crippen LogP contribution in [0.4, 0.5) is 0 Å². The highest BCUT2D eigenvalue weighted by Crippen LogP contribution is 2.06. The summed E-state index contributed by atoms with van der Waals surface area (Å²) >= 11 is 0. The summed E-state index contributed by atoms with van der Waals surface area (Å²) in [5.41, 5.74) is 5.16. The van der Waals surface area contributed by atoms with Gasteiger partial charge in [-0.1, -0.05) is 18.2 Å². The summed E-state index contributed by atoms with van der Waals surface area (Å²) in [4.78, 5) is 10.4. The maximum Gasteiger partial charge on any atom is 0.248 e. The predicted octanol–water partition coefficient (Wildman–Crippen LogP) is -0.141. The first kappa shape index (κ1) is 6.61. The summed E-state index contributed by atoms with van der Waals surface area (Å²) in [6.07, 6.45) is 0. The van der Waals surface area contributed by atoms with Gasteiger partial charge in [0.1, 0.15) is 0 Å². The molecule has 0 heterocycles. The van der Waals surface area contributed by atoms with E-state index in [1.54, 1.807) is 0 Å². The van der Waals surface area contributed by atoms with E-state index in [-0.39, 0.29) is 11.3 Å². The van der Waals surface area contributed by atoms with Crippen molar-refractivity contribution in [3.8, 4) is 5.75 Å². The predicted molar refractivity (Wildman–Crippen MR) is 34.4 cm³/mol. The topological polar surface area (TPSA) is 66.2 Å². The molecular formula is C7H6NO2-. The molecule has 0 saturated carbocycles. The average Bonchev–Trinajstić information content (AvgIpc) is 1.88. The number of hydrogen-bond donors (Lipinski definition) is 1. The number of benzene rings is 1. The van der Waals surface area contributed by atoms with E-state index in [0.29, 0.717) is 0 Å². The fraction of sp³-hybridized carbons (Fsp3) is 0. The molecule has 1 aromatic rings. The Kier molecular flexibility index (Phi) is 1.58. The second-order valence-corrected chi connectivity index (χ2v) is 1.89. The minimum Gasteiger partial charge on any atom is -0.872 e. The van der Waals surface area contributed by atoms with Gasteiger partial charge in [0.05, 0.1) is 0 Å². The summed E-state index contributed by atoms with van der Waals surface area (Å²) in [6.45, 7) is 0. The van der Waals surface area contributed by atoms with E-state index in [0.717, 1.165) is 0 Å². The Labute approximate surface area is 58.1 Å². The molecule has 0 saturated heterocycles. The van der Waals surface area contributed by atoms with Crippen LogP contribution in [0.25, 0.3) is 0 Å². The molecule has 1 amide bonds. The molecule has 0 fully saturated rings. The van der Waals surface area contributed by atoms with Crippen molar-refractivity contribution in [2.24, 2.45) is 5.73 Å². The van der Waals surface area contributed by atoms with Gasteiger partial charge in [-0.05, 0) is 6.07 Å². The first-order chi connectivity index (χ1) is 4.70. The van der Waals surface area contributed by atoms with Crippen molar-refractivity contribution in [3.63, 3.8) is 0 Å². The number of carbonyl (C=O) groups excluding carboxylic acids is 1. The van der Waals surface area contributed by atoms with E-state index in [4.69, 9.17) is 5.73 Å². The molecule has 3 nitrogen and oxygen atoms in total. The maximum atomic E-state index is 10.6. The minimum atomic E-state index is -0.572. The van der Waals surface area contributed by atoms with Gasteiger partial charge in [-0.15, -0.1) is 5.75 Å². The summed E-state index contributed by atoms with van der Waals surface area (Å²) < 4.78 is 0. The molecule has 3 heteroatoms. The van der Waals surface area contributed by atoms with E-state index in [1.807, 2.05) is 0 Å². The first-order valence-corrected chi connectivity index (χ1v) is 2.77. The second kappa shape index (κ2) is 2.39. The van der Waals surface area contributed by atoms with Crippen molar-refractivity contribution in [2.45, 2.75) is 0 Å². The van der Waals surface area contributed by atoms with E-state index < -0.39 is 5.91 Å². The van der Waals surface area contributed by atoms with Crippen molar-refractivity contribution in [1.29, 1.82) is 0 Å². The zero-order chi connectivity index (χ0) is 7.56. The van der Waals surface area contributed by atoms with E-state index in [1.165, 1.54) is 24.3 Å². The Morgan fingerprint density at radius 3 is 2.60 bits per heavy atom. The Balaban J connectivity index is 3.07. The molecule has 0 spiro atoms. The minimum absolute atomic E-state index is 0.198. The van der Waals surface area contributed by atoms with Gasteiger partial charge in [-0.2, -0.15) is 0 Å². The highest BCUT2D eigenvalue weighted by molar-refractivity contribution is 5.93. The van der Waals surface area contributed by atoms with Crippen LogP contribution in [0, 0.1) is 0 Å². The number of hydrogen-bond acceptors (Lipinski definition) is 2. The number of nitrogens with two attached hydrogens (primary N) is 1. The molecule has 52 valence electrons. The number of primary amides is 1. The fourth-order valence-electron chi connectivity index (χ4n) is 0.649. The summed E-state index contributed by atoms with van der Waals surface area (Å²) in [5.74, 6) is -0.769. The van der Waals surface area contributed by atoms with Crippen molar-refractivity contribution < 1.29 is 9.90 Å². The third kappa shape index (κ3) is 1.25. The van der Waals surface area contributed by atoms with Crippen molar-refractivity contribution in [1.82, 2.24) is 0 Å². The monoisotopic (exact) mass is 136 g/mol. The lowest BCUT2D eigenvalue weighted by atomic mass is 10.2. The lowest BCUT2D eigenvalue weighted by molar-refractivity contribution is -0.268. The van der Waals surface area contributed by atoms with Crippen LogP contribution in [-0.2, 0) is 0 Å².